The molecule has 20 heavy (non-hydrogen) atoms. The van der Waals surface area contributed by atoms with Crippen molar-refractivity contribution in [3.8, 4) is 5.88 Å². The smallest absolute Gasteiger partial charge is 0.222 e. The SMILES string of the molecule is CCCCCOCC1Cc2c(C)nn(C(N)=S)c2O1.Cl. The highest BCUT2D eigenvalue weighted by atomic mass is 35.5. The Bertz CT molecular complexity index is 465. The molecular weight excluding hydrogens is 298 g/mol. The van der Waals surface area contributed by atoms with Gasteiger partial charge in [0.1, 0.15) is 6.10 Å². The van der Waals surface area contributed by atoms with Crippen molar-refractivity contribution >= 4 is 29.7 Å². The summed E-state index contributed by atoms with van der Waals surface area (Å²) in [6.07, 6.45) is 4.39. The van der Waals surface area contributed by atoms with Crippen LogP contribution in [0.2, 0.25) is 0 Å². The van der Waals surface area contributed by atoms with Gasteiger partial charge < -0.3 is 15.2 Å². The zero-order valence-corrected chi connectivity index (χ0v) is 13.6. The van der Waals surface area contributed by atoms with Crippen molar-refractivity contribution in [2.24, 2.45) is 5.73 Å². The van der Waals surface area contributed by atoms with E-state index in [9.17, 15) is 0 Å². The van der Waals surface area contributed by atoms with Gasteiger partial charge in [-0.1, -0.05) is 19.8 Å². The van der Waals surface area contributed by atoms with Crippen LogP contribution in [0.25, 0.3) is 0 Å². The number of aromatic nitrogens is 2. The Hall–Kier alpha value is -0.850. The molecule has 1 aromatic heterocycles. The number of rotatable bonds is 6. The summed E-state index contributed by atoms with van der Waals surface area (Å²) in [6, 6.07) is 0. The van der Waals surface area contributed by atoms with E-state index >= 15 is 0 Å². The Kier molecular flexibility index (Phi) is 6.71. The quantitative estimate of drug-likeness (QED) is 0.643. The number of aryl methyl sites for hydroxylation is 1. The summed E-state index contributed by atoms with van der Waals surface area (Å²) in [6.45, 7) is 5.53. The first-order valence-electron chi connectivity index (χ1n) is 6.76. The third-order valence-corrected chi connectivity index (χ3v) is 3.43. The molecule has 0 aliphatic carbocycles. The number of ether oxygens (including phenoxy) is 2. The van der Waals surface area contributed by atoms with Crippen LogP contribution in [0, 0.1) is 6.92 Å². The Balaban J connectivity index is 0.00000200. The maximum Gasteiger partial charge on any atom is 0.222 e. The number of hydrogen-bond donors (Lipinski definition) is 1. The summed E-state index contributed by atoms with van der Waals surface area (Å²) in [5.74, 6) is 0.687. The third-order valence-electron chi connectivity index (χ3n) is 3.25. The van der Waals surface area contributed by atoms with Crippen LogP contribution in [0.1, 0.15) is 37.4 Å². The van der Waals surface area contributed by atoms with Gasteiger partial charge in [-0.2, -0.15) is 9.78 Å². The predicted octanol–water partition coefficient (Wildman–Crippen LogP) is 2.22. The Morgan fingerprint density at radius 3 is 2.95 bits per heavy atom. The maximum absolute atomic E-state index is 5.83. The molecule has 2 N–H and O–H groups in total. The number of halogens is 1. The molecule has 1 aliphatic rings. The summed E-state index contributed by atoms with van der Waals surface area (Å²) < 4.78 is 13.0. The van der Waals surface area contributed by atoms with E-state index in [0.29, 0.717) is 12.5 Å². The molecule has 0 amide bonds. The van der Waals surface area contributed by atoms with Gasteiger partial charge in [0.25, 0.3) is 0 Å². The first-order chi connectivity index (χ1) is 9.13. The highest BCUT2D eigenvalue weighted by Crippen LogP contribution is 2.31. The average molecular weight is 320 g/mol. The fraction of sp³-hybridized carbons (Fsp3) is 0.692. The van der Waals surface area contributed by atoms with Gasteiger partial charge in [-0.05, 0) is 25.6 Å². The molecule has 0 saturated heterocycles. The van der Waals surface area contributed by atoms with Gasteiger partial charge in [-0.25, -0.2) is 0 Å². The molecule has 1 aliphatic heterocycles. The molecule has 0 aromatic carbocycles. The Morgan fingerprint density at radius 2 is 2.30 bits per heavy atom. The first-order valence-corrected chi connectivity index (χ1v) is 7.17. The van der Waals surface area contributed by atoms with E-state index in [1.165, 1.54) is 17.5 Å². The van der Waals surface area contributed by atoms with Crippen LogP contribution in [0.5, 0.6) is 5.88 Å². The van der Waals surface area contributed by atoms with Gasteiger partial charge in [0.15, 0.2) is 5.11 Å². The molecule has 7 heteroatoms. The van der Waals surface area contributed by atoms with Crippen molar-refractivity contribution in [1.29, 1.82) is 0 Å². The molecule has 114 valence electrons. The zero-order valence-electron chi connectivity index (χ0n) is 11.9. The maximum atomic E-state index is 5.83. The molecule has 1 unspecified atom stereocenters. The number of hydrogen-bond acceptors (Lipinski definition) is 4. The zero-order chi connectivity index (χ0) is 13.8. The minimum absolute atomic E-state index is 0. The van der Waals surface area contributed by atoms with Crippen LogP contribution in [0.15, 0.2) is 0 Å². The molecule has 0 bridgehead atoms. The number of nitrogens with zero attached hydrogens (tertiary/aromatic N) is 2. The molecule has 0 spiro atoms. The van der Waals surface area contributed by atoms with Crippen LogP contribution in [0.3, 0.4) is 0 Å². The van der Waals surface area contributed by atoms with E-state index in [4.69, 9.17) is 27.4 Å². The van der Waals surface area contributed by atoms with E-state index in [0.717, 1.165) is 30.7 Å². The molecule has 0 radical (unpaired) electrons. The Morgan fingerprint density at radius 1 is 1.55 bits per heavy atom. The molecule has 1 aromatic rings. The second-order valence-corrected chi connectivity index (χ2v) is 5.26. The number of fused-ring (bicyclic) bond motifs is 1. The average Bonchev–Trinajstić information content (AvgIpc) is 2.90. The van der Waals surface area contributed by atoms with Crippen molar-refractivity contribution in [3.63, 3.8) is 0 Å². The summed E-state index contributed by atoms with van der Waals surface area (Å²) in [5.41, 5.74) is 7.64. The second kappa shape index (κ2) is 7.81. The van der Waals surface area contributed by atoms with Crippen LogP contribution in [-0.2, 0) is 11.2 Å². The highest BCUT2D eigenvalue weighted by Gasteiger charge is 2.30. The predicted molar refractivity (Wildman–Crippen MR) is 84.9 cm³/mol. The molecule has 0 saturated carbocycles. The summed E-state index contributed by atoms with van der Waals surface area (Å²) >= 11 is 4.96. The molecule has 2 heterocycles. The van der Waals surface area contributed by atoms with Crippen molar-refractivity contribution in [2.45, 2.75) is 45.6 Å². The number of unbranched alkanes of at least 4 members (excludes halogenated alkanes) is 2. The van der Waals surface area contributed by atoms with E-state index in [-0.39, 0.29) is 23.6 Å². The summed E-state index contributed by atoms with van der Waals surface area (Å²) in [4.78, 5) is 0. The second-order valence-electron chi connectivity index (χ2n) is 4.85. The standard InChI is InChI=1S/C13H21N3O2S.ClH/c1-3-4-5-6-17-8-10-7-11-9(2)15-16(13(14)19)12(11)18-10;/h10H,3-8H2,1-2H3,(H2,14,19);1H. The largest absolute Gasteiger partial charge is 0.471 e. The molecule has 1 atom stereocenters. The van der Waals surface area contributed by atoms with Crippen LogP contribution < -0.4 is 10.5 Å². The lowest BCUT2D eigenvalue weighted by Gasteiger charge is -2.12. The van der Waals surface area contributed by atoms with Gasteiger partial charge in [0, 0.05) is 18.6 Å². The van der Waals surface area contributed by atoms with Gasteiger partial charge in [0.05, 0.1) is 12.3 Å². The van der Waals surface area contributed by atoms with E-state index in [1.807, 2.05) is 6.92 Å². The molecular formula is C13H22ClN3O2S. The van der Waals surface area contributed by atoms with Crippen molar-refractivity contribution < 1.29 is 9.47 Å². The lowest BCUT2D eigenvalue weighted by atomic mass is 10.1. The van der Waals surface area contributed by atoms with E-state index in [1.54, 1.807) is 0 Å². The van der Waals surface area contributed by atoms with E-state index in [2.05, 4.69) is 12.0 Å². The molecule has 5 nitrogen and oxygen atoms in total. The lowest BCUT2D eigenvalue weighted by molar-refractivity contribution is 0.0557. The van der Waals surface area contributed by atoms with Crippen molar-refractivity contribution in [1.82, 2.24) is 9.78 Å². The van der Waals surface area contributed by atoms with Gasteiger partial charge in [0.2, 0.25) is 5.88 Å². The molecule has 0 fully saturated rings. The van der Waals surface area contributed by atoms with Crippen molar-refractivity contribution in [2.75, 3.05) is 13.2 Å². The molecule has 2 rings (SSSR count). The van der Waals surface area contributed by atoms with Crippen LogP contribution >= 0.6 is 24.6 Å². The minimum Gasteiger partial charge on any atom is -0.471 e. The summed E-state index contributed by atoms with van der Waals surface area (Å²) in [5, 5.41) is 4.49. The fourth-order valence-electron chi connectivity index (χ4n) is 2.23. The topological polar surface area (TPSA) is 62.3 Å². The first kappa shape index (κ1) is 17.2. The minimum atomic E-state index is 0. The fourth-order valence-corrected chi connectivity index (χ4v) is 2.36. The normalized spacial score (nSPS) is 16.4. The van der Waals surface area contributed by atoms with Crippen LogP contribution in [0.4, 0.5) is 0 Å². The Labute approximate surface area is 131 Å². The number of thiocarbonyl (C=S) groups is 1. The van der Waals surface area contributed by atoms with E-state index < -0.39 is 0 Å². The van der Waals surface area contributed by atoms with Crippen molar-refractivity contribution in [3.05, 3.63) is 11.3 Å². The summed E-state index contributed by atoms with van der Waals surface area (Å²) in [7, 11) is 0. The number of nitrogens with two attached hydrogens (primary N) is 1. The third kappa shape index (κ3) is 3.84. The van der Waals surface area contributed by atoms with Gasteiger partial charge >= 0.3 is 0 Å². The van der Waals surface area contributed by atoms with Gasteiger partial charge in [-0.15, -0.1) is 12.4 Å². The van der Waals surface area contributed by atoms with Crippen LogP contribution in [-0.4, -0.2) is 34.2 Å². The highest BCUT2D eigenvalue weighted by molar-refractivity contribution is 7.80. The monoisotopic (exact) mass is 319 g/mol. The lowest BCUT2D eigenvalue weighted by Crippen LogP contribution is -2.25. The van der Waals surface area contributed by atoms with Gasteiger partial charge in [-0.3, -0.25) is 0 Å².